The Morgan fingerprint density at radius 2 is 1.29 bits per heavy atom. The maximum absolute atomic E-state index is 14.1. The molecule has 4 aromatic carbocycles. The Bertz CT molecular complexity index is 1690. The Morgan fingerprint density at radius 3 is 1.88 bits per heavy atom. The number of rotatable bonds is 16. The van der Waals surface area contributed by atoms with E-state index < -0.39 is 56.1 Å². The first-order chi connectivity index (χ1) is 23.0. The van der Waals surface area contributed by atoms with E-state index in [2.05, 4.69) is 5.32 Å². The molecule has 0 saturated carbocycles. The summed E-state index contributed by atoms with van der Waals surface area (Å²) in [6.45, 7) is 3.72. The molecule has 0 aliphatic carbocycles. The van der Waals surface area contributed by atoms with Gasteiger partial charge in [-0.15, -0.1) is 0 Å². The molecule has 4 rings (SSSR count). The molecule has 1 amide bonds. The monoisotopic (exact) mass is 670 g/mol. The smallest absolute Gasteiger partial charge is 0.336 e. The van der Waals surface area contributed by atoms with E-state index in [0.29, 0.717) is 27.7 Å². The number of esters is 2. The number of carbonyl (C=O) groups is 4. The predicted molar refractivity (Wildman–Crippen MR) is 182 cm³/mol. The third-order valence-corrected chi connectivity index (χ3v) is 9.66. The number of hydrogen-bond donors (Lipinski definition) is 2. The summed E-state index contributed by atoms with van der Waals surface area (Å²) in [6.07, 6.45) is -2.38. The minimum atomic E-state index is -3.76. The van der Waals surface area contributed by atoms with Crippen LogP contribution in [0.2, 0.25) is 0 Å². The van der Waals surface area contributed by atoms with E-state index in [0.717, 1.165) is 0 Å². The molecule has 48 heavy (non-hydrogen) atoms. The average molecular weight is 671 g/mol. The van der Waals surface area contributed by atoms with Crippen molar-refractivity contribution in [1.82, 2.24) is 5.32 Å². The normalized spacial score (nSPS) is 12.5. The topological polar surface area (TPSA) is 151 Å². The molecule has 4 aromatic rings. The van der Waals surface area contributed by atoms with Crippen molar-refractivity contribution in [3.05, 3.63) is 121 Å². The van der Waals surface area contributed by atoms with Crippen molar-refractivity contribution in [2.75, 3.05) is 0 Å². The molecule has 0 radical (unpaired) electrons. The Hall–Kier alpha value is -4.89. The summed E-state index contributed by atoms with van der Waals surface area (Å²) in [5.41, 5.74) is 6.63. The van der Waals surface area contributed by atoms with Gasteiger partial charge in [-0.2, -0.15) is 0 Å². The van der Waals surface area contributed by atoms with E-state index in [1.807, 2.05) is 32.0 Å². The van der Waals surface area contributed by atoms with E-state index in [4.69, 9.17) is 19.7 Å². The minimum Gasteiger partial charge on any atom is -0.457 e. The number of ether oxygens (including phenoxy) is 2. The highest BCUT2D eigenvalue weighted by Crippen LogP contribution is 2.45. The molecule has 3 N–H and O–H groups in total. The standard InChI is InChI=1S/C37H39N2O8P/c1-26(2)24-31(39-34(41)25-27-14-12-13-21-33(27)45-28-15-6-3-7-16-28)37(43)46-35(42)23-22-32(40)36(38)47-48(44,29-17-8-4-9-18-29)30-19-10-5-11-20-30/h3-21,26,31,36H,22-25,38H2,1-2H3,(H,39,41)/t31-,36?/m0/s1. The molecule has 0 aliphatic heterocycles. The molecular formula is C37H39N2O8P. The van der Waals surface area contributed by atoms with Gasteiger partial charge in [-0.3, -0.25) is 29.2 Å². The molecule has 1 unspecified atom stereocenters. The van der Waals surface area contributed by atoms with Crippen LogP contribution in [0.15, 0.2) is 115 Å². The lowest BCUT2D eigenvalue weighted by Gasteiger charge is -2.23. The van der Waals surface area contributed by atoms with Crippen molar-refractivity contribution in [3.8, 4) is 11.5 Å². The van der Waals surface area contributed by atoms with Gasteiger partial charge >= 0.3 is 11.9 Å². The second-order valence-electron chi connectivity index (χ2n) is 11.5. The van der Waals surface area contributed by atoms with Crippen LogP contribution in [0.1, 0.15) is 38.7 Å². The molecule has 0 bridgehead atoms. The lowest BCUT2D eigenvalue weighted by molar-refractivity contribution is -0.162. The first-order valence-electron chi connectivity index (χ1n) is 15.6. The summed E-state index contributed by atoms with van der Waals surface area (Å²) in [6, 6.07) is 31.9. The van der Waals surface area contributed by atoms with Crippen molar-refractivity contribution in [1.29, 1.82) is 0 Å². The van der Waals surface area contributed by atoms with Crippen LogP contribution in [0, 0.1) is 5.92 Å². The molecule has 250 valence electrons. The van der Waals surface area contributed by atoms with Crippen molar-refractivity contribution < 1.29 is 37.7 Å². The molecule has 0 spiro atoms. The number of ketones is 1. The molecule has 0 saturated heterocycles. The number of amides is 1. The Morgan fingerprint density at radius 1 is 0.750 bits per heavy atom. The van der Waals surface area contributed by atoms with Crippen LogP contribution in [0.3, 0.4) is 0 Å². The number of carbonyl (C=O) groups excluding carboxylic acids is 4. The van der Waals surface area contributed by atoms with Crippen molar-refractivity contribution in [2.45, 2.75) is 51.8 Å². The lowest BCUT2D eigenvalue weighted by Crippen LogP contribution is -2.44. The van der Waals surface area contributed by atoms with Gasteiger partial charge in [-0.1, -0.05) is 86.6 Å². The van der Waals surface area contributed by atoms with Gasteiger partial charge in [0.15, 0.2) is 12.0 Å². The highest BCUT2D eigenvalue weighted by Gasteiger charge is 2.33. The van der Waals surface area contributed by atoms with Crippen molar-refractivity contribution >= 4 is 41.6 Å². The fraction of sp³-hybridized carbons (Fsp3) is 0.243. The predicted octanol–water partition coefficient (Wildman–Crippen LogP) is 5.20. The number of benzene rings is 4. The van der Waals surface area contributed by atoms with E-state index >= 15 is 0 Å². The zero-order valence-corrected chi connectivity index (χ0v) is 27.7. The molecule has 0 fully saturated rings. The van der Waals surface area contributed by atoms with Crippen LogP contribution in [0.25, 0.3) is 0 Å². The third-order valence-electron chi connectivity index (χ3n) is 7.18. The number of Topliss-reactive ketones (excluding diaryl/α,β-unsaturated/α-hetero) is 1. The Labute approximate surface area is 280 Å². The maximum atomic E-state index is 14.1. The van der Waals surface area contributed by atoms with E-state index in [-0.39, 0.29) is 18.8 Å². The summed E-state index contributed by atoms with van der Waals surface area (Å²) >= 11 is 0. The number of nitrogens with one attached hydrogen (secondary N) is 1. The van der Waals surface area contributed by atoms with Gasteiger partial charge in [-0.25, -0.2) is 4.79 Å². The average Bonchev–Trinajstić information content (AvgIpc) is 3.08. The van der Waals surface area contributed by atoms with Crippen molar-refractivity contribution in [2.24, 2.45) is 11.7 Å². The molecular weight excluding hydrogens is 631 g/mol. The molecule has 0 aliphatic rings. The molecule has 0 aromatic heterocycles. The lowest BCUT2D eigenvalue weighted by atomic mass is 10.0. The zero-order chi connectivity index (χ0) is 34.5. The first kappa shape index (κ1) is 36.0. The van der Waals surface area contributed by atoms with E-state index in [1.165, 1.54) is 0 Å². The van der Waals surface area contributed by atoms with Crippen LogP contribution in [0.4, 0.5) is 0 Å². The summed E-state index contributed by atoms with van der Waals surface area (Å²) in [5, 5.41) is 3.39. The van der Waals surface area contributed by atoms with E-state index in [9.17, 15) is 23.7 Å². The van der Waals surface area contributed by atoms with Gasteiger partial charge < -0.3 is 14.8 Å². The largest absolute Gasteiger partial charge is 0.457 e. The van der Waals surface area contributed by atoms with Crippen LogP contribution >= 0.6 is 7.37 Å². The van der Waals surface area contributed by atoms with Gasteiger partial charge in [-0.05, 0) is 54.8 Å². The number of hydrogen-bond acceptors (Lipinski definition) is 9. The van der Waals surface area contributed by atoms with Crippen LogP contribution in [-0.2, 0) is 39.4 Å². The van der Waals surface area contributed by atoms with Crippen LogP contribution in [0.5, 0.6) is 11.5 Å². The first-order valence-corrected chi connectivity index (χ1v) is 17.2. The van der Waals surface area contributed by atoms with E-state index in [1.54, 1.807) is 97.1 Å². The van der Waals surface area contributed by atoms with Crippen LogP contribution < -0.4 is 26.4 Å². The van der Waals surface area contributed by atoms with Gasteiger partial charge in [0.25, 0.3) is 7.37 Å². The fourth-order valence-electron chi connectivity index (χ4n) is 4.81. The van der Waals surface area contributed by atoms with Crippen LogP contribution in [-0.4, -0.2) is 35.9 Å². The molecule has 2 atom stereocenters. The SMILES string of the molecule is CC(C)C[C@H](NC(=O)Cc1ccccc1Oc1ccccc1)C(=O)OC(=O)CCC(=O)C(N)OP(=O)(c1ccccc1)c1ccccc1. The van der Waals surface area contributed by atoms with Gasteiger partial charge in [0, 0.05) is 22.6 Å². The van der Waals surface area contributed by atoms with Gasteiger partial charge in [0.1, 0.15) is 17.5 Å². The Kier molecular flexibility index (Phi) is 13.0. The minimum absolute atomic E-state index is 0.0201. The zero-order valence-electron chi connectivity index (χ0n) is 26.8. The molecule has 11 heteroatoms. The molecule has 10 nitrogen and oxygen atoms in total. The fourth-order valence-corrected chi connectivity index (χ4v) is 6.92. The second kappa shape index (κ2) is 17.3. The highest BCUT2D eigenvalue weighted by molar-refractivity contribution is 7.74. The quantitative estimate of drug-likeness (QED) is 0.0709. The number of para-hydroxylation sites is 2. The summed E-state index contributed by atoms with van der Waals surface area (Å²) in [7, 11) is -3.76. The van der Waals surface area contributed by atoms with Gasteiger partial charge in [0.2, 0.25) is 5.91 Å². The van der Waals surface area contributed by atoms with Crippen molar-refractivity contribution in [3.63, 3.8) is 0 Å². The Balaban J connectivity index is 1.33. The summed E-state index contributed by atoms with van der Waals surface area (Å²) in [4.78, 5) is 51.6. The van der Waals surface area contributed by atoms with Gasteiger partial charge in [0.05, 0.1) is 12.8 Å². The highest BCUT2D eigenvalue weighted by atomic mass is 31.2. The maximum Gasteiger partial charge on any atom is 0.336 e. The summed E-state index contributed by atoms with van der Waals surface area (Å²) < 4.78 is 30.7. The third kappa shape index (κ3) is 10.3. The second-order valence-corrected chi connectivity index (χ2v) is 13.8. The molecule has 0 heterocycles. The summed E-state index contributed by atoms with van der Waals surface area (Å²) in [5.74, 6) is -2.00. The number of nitrogens with two attached hydrogens (primary N) is 1.